The second kappa shape index (κ2) is 5.95. The third kappa shape index (κ3) is 2.89. The molecule has 3 aromatic rings. The van der Waals surface area contributed by atoms with Gasteiger partial charge in [0.15, 0.2) is 5.58 Å². The Morgan fingerprint density at radius 1 is 1.30 bits per heavy atom. The molecule has 0 fully saturated rings. The molecule has 7 nitrogen and oxygen atoms in total. The third-order valence-corrected chi connectivity index (χ3v) is 3.90. The average Bonchev–Trinajstić information content (AvgIpc) is 2.97. The van der Waals surface area contributed by atoms with E-state index >= 15 is 0 Å². The molecule has 0 spiro atoms. The van der Waals surface area contributed by atoms with Crippen LogP contribution in [0.2, 0.25) is 0 Å². The molecule has 0 aliphatic heterocycles. The van der Waals surface area contributed by atoms with Gasteiger partial charge < -0.3 is 9.15 Å². The average molecular weight is 424 g/mol. The molecule has 0 N–H and O–H groups in total. The topological polar surface area (TPSA) is 95.5 Å². The van der Waals surface area contributed by atoms with Crippen molar-refractivity contribution < 1.29 is 18.9 Å². The largest absolute Gasteiger partial charge is 0.465 e. The molecule has 0 saturated carbocycles. The number of rotatable bonds is 3. The number of ether oxygens (including phenoxy) is 1. The fraction of sp³-hybridized carbons (Fsp3) is 0.0667. The van der Waals surface area contributed by atoms with Gasteiger partial charge in [-0.15, -0.1) is 0 Å². The summed E-state index contributed by atoms with van der Waals surface area (Å²) >= 11 is 2.17. The van der Waals surface area contributed by atoms with Crippen LogP contribution < -0.4 is 0 Å². The highest BCUT2D eigenvalue weighted by Crippen LogP contribution is 2.30. The Morgan fingerprint density at radius 2 is 2.00 bits per heavy atom. The van der Waals surface area contributed by atoms with E-state index in [1.807, 2.05) is 24.3 Å². The van der Waals surface area contributed by atoms with Crippen LogP contribution in [0.5, 0.6) is 0 Å². The molecule has 116 valence electrons. The van der Waals surface area contributed by atoms with Crippen LogP contribution in [-0.2, 0) is 4.74 Å². The lowest BCUT2D eigenvalue weighted by atomic mass is 10.1. The zero-order valence-corrected chi connectivity index (χ0v) is 13.9. The number of aromatic nitrogens is 1. The van der Waals surface area contributed by atoms with Crippen LogP contribution in [0.3, 0.4) is 0 Å². The van der Waals surface area contributed by atoms with Gasteiger partial charge in [0.2, 0.25) is 5.89 Å². The van der Waals surface area contributed by atoms with E-state index in [0.717, 1.165) is 9.64 Å². The van der Waals surface area contributed by atoms with E-state index < -0.39 is 10.9 Å². The second-order valence-corrected chi connectivity index (χ2v) is 5.86. The van der Waals surface area contributed by atoms with Crippen molar-refractivity contribution in [3.63, 3.8) is 0 Å². The number of nitro benzene ring substituents is 1. The maximum Gasteiger partial charge on any atom is 0.342 e. The van der Waals surface area contributed by atoms with Crippen LogP contribution in [0.15, 0.2) is 40.8 Å². The van der Waals surface area contributed by atoms with Crippen LogP contribution >= 0.6 is 22.6 Å². The zero-order valence-electron chi connectivity index (χ0n) is 11.8. The first-order chi connectivity index (χ1) is 11.0. The lowest BCUT2D eigenvalue weighted by Gasteiger charge is -1.99. The normalized spacial score (nSPS) is 10.7. The van der Waals surface area contributed by atoms with Gasteiger partial charge in [0.05, 0.1) is 12.0 Å². The molecular weight excluding hydrogens is 415 g/mol. The predicted octanol–water partition coefficient (Wildman–Crippen LogP) is 3.79. The molecule has 0 unspecified atom stereocenters. The number of carbonyl (C=O) groups is 1. The molecule has 2 aromatic carbocycles. The molecule has 3 rings (SSSR count). The van der Waals surface area contributed by atoms with Gasteiger partial charge in [0, 0.05) is 21.3 Å². The quantitative estimate of drug-likeness (QED) is 0.275. The maximum absolute atomic E-state index is 11.9. The SMILES string of the molecule is COC(=O)c1cc([N+](=O)[O-])cc2nc(-c3ccc(I)cc3)oc12. The minimum absolute atomic E-state index is 0.0269. The van der Waals surface area contributed by atoms with Crippen molar-refractivity contribution in [2.75, 3.05) is 7.11 Å². The number of oxazole rings is 1. The van der Waals surface area contributed by atoms with Gasteiger partial charge in [0.25, 0.3) is 5.69 Å². The molecule has 0 aliphatic carbocycles. The van der Waals surface area contributed by atoms with E-state index in [0.29, 0.717) is 5.56 Å². The molecule has 8 heteroatoms. The molecule has 0 bridgehead atoms. The van der Waals surface area contributed by atoms with Crippen molar-refractivity contribution >= 4 is 45.3 Å². The monoisotopic (exact) mass is 424 g/mol. The minimum atomic E-state index is -0.719. The zero-order chi connectivity index (χ0) is 16.6. The Balaban J connectivity index is 2.23. The lowest BCUT2D eigenvalue weighted by Crippen LogP contribution is -2.02. The number of non-ortho nitro benzene ring substituents is 1. The van der Waals surface area contributed by atoms with Crippen LogP contribution in [0.4, 0.5) is 5.69 Å². The van der Waals surface area contributed by atoms with E-state index in [1.165, 1.54) is 13.2 Å². The minimum Gasteiger partial charge on any atom is -0.465 e. The van der Waals surface area contributed by atoms with Crippen LogP contribution in [0.1, 0.15) is 10.4 Å². The summed E-state index contributed by atoms with van der Waals surface area (Å²) in [5.74, 6) is -0.439. The molecule has 1 heterocycles. The van der Waals surface area contributed by atoms with Gasteiger partial charge in [-0.1, -0.05) is 0 Å². The van der Waals surface area contributed by atoms with E-state index in [-0.39, 0.29) is 28.2 Å². The summed E-state index contributed by atoms with van der Waals surface area (Å²) in [5, 5.41) is 11.0. The first-order valence-corrected chi connectivity index (χ1v) is 7.50. The Morgan fingerprint density at radius 3 is 2.61 bits per heavy atom. The molecule has 0 aliphatic rings. The molecule has 0 saturated heterocycles. The number of carbonyl (C=O) groups excluding carboxylic acids is 1. The highest BCUT2D eigenvalue weighted by atomic mass is 127. The highest BCUT2D eigenvalue weighted by molar-refractivity contribution is 14.1. The number of nitro groups is 1. The van der Waals surface area contributed by atoms with Crippen molar-refractivity contribution in [1.82, 2.24) is 4.98 Å². The van der Waals surface area contributed by atoms with Gasteiger partial charge >= 0.3 is 5.97 Å². The first-order valence-electron chi connectivity index (χ1n) is 6.43. The van der Waals surface area contributed by atoms with Crippen molar-refractivity contribution in [3.05, 3.63) is 55.6 Å². The van der Waals surface area contributed by atoms with Gasteiger partial charge in [-0.05, 0) is 46.9 Å². The smallest absolute Gasteiger partial charge is 0.342 e. The fourth-order valence-electron chi connectivity index (χ4n) is 2.10. The van der Waals surface area contributed by atoms with Crippen LogP contribution in [0, 0.1) is 13.7 Å². The van der Waals surface area contributed by atoms with E-state index in [1.54, 1.807) is 0 Å². The number of hydrogen-bond donors (Lipinski definition) is 0. The summed E-state index contributed by atoms with van der Waals surface area (Å²) < 4.78 is 11.4. The first kappa shape index (κ1) is 15.4. The Bertz CT molecular complexity index is 918. The third-order valence-electron chi connectivity index (χ3n) is 3.18. The van der Waals surface area contributed by atoms with Crippen LogP contribution in [0.25, 0.3) is 22.6 Å². The summed E-state index contributed by atoms with van der Waals surface area (Å²) in [6.45, 7) is 0. The summed E-state index contributed by atoms with van der Waals surface area (Å²) in [5.41, 5.74) is 0.825. The number of benzene rings is 2. The highest BCUT2D eigenvalue weighted by Gasteiger charge is 2.22. The Labute approximate surface area is 143 Å². The molecule has 0 amide bonds. The van der Waals surface area contributed by atoms with Gasteiger partial charge in [-0.2, -0.15) is 0 Å². The number of fused-ring (bicyclic) bond motifs is 1. The van der Waals surface area contributed by atoms with Gasteiger partial charge in [-0.3, -0.25) is 10.1 Å². The van der Waals surface area contributed by atoms with Crippen LogP contribution in [-0.4, -0.2) is 23.0 Å². The van der Waals surface area contributed by atoms with Crippen molar-refractivity contribution in [2.24, 2.45) is 0 Å². The number of nitrogens with zero attached hydrogens (tertiary/aromatic N) is 2. The fourth-order valence-corrected chi connectivity index (χ4v) is 2.46. The molecule has 23 heavy (non-hydrogen) atoms. The molecule has 0 radical (unpaired) electrons. The van der Waals surface area contributed by atoms with Crippen molar-refractivity contribution in [2.45, 2.75) is 0 Å². The molecule has 0 atom stereocenters. The van der Waals surface area contributed by atoms with Gasteiger partial charge in [0.1, 0.15) is 11.1 Å². The number of esters is 1. The summed E-state index contributed by atoms with van der Waals surface area (Å²) in [4.78, 5) is 26.5. The number of methoxy groups -OCH3 is 1. The van der Waals surface area contributed by atoms with E-state index in [2.05, 4.69) is 32.3 Å². The summed E-state index contributed by atoms with van der Waals surface area (Å²) in [6, 6.07) is 9.79. The molecular formula is C15H9IN2O5. The standard InChI is InChI=1S/C15H9IN2O5/c1-22-15(19)11-6-10(18(20)21)7-12-13(11)23-14(17-12)8-2-4-9(16)5-3-8/h2-7H,1H3. The molecule has 1 aromatic heterocycles. The summed E-state index contributed by atoms with van der Waals surface area (Å²) in [7, 11) is 1.20. The summed E-state index contributed by atoms with van der Waals surface area (Å²) in [6.07, 6.45) is 0. The van der Waals surface area contributed by atoms with Crippen molar-refractivity contribution in [1.29, 1.82) is 0 Å². The second-order valence-electron chi connectivity index (χ2n) is 4.62. The van der Waals surface area contributed by atoms with Crippen molar-refractivity contribution in [3.8, 4) is 11.5 Å². The Kier molecular flexibility index (Phi) is 3.99. The van der Waals surface area contributed by atoms with Gasteiger partial charge in [-0.25, -0.2) is 9.78 Å². The lowest BCUT2D eigenvalue weighted by molar-refractivity contribution is -0.384. The predicted molar refractivity (Wildman–Crippen MR) is 90.2 cm³/mol. The Hall–Kier alpha value is -2.49. The number of hydrogen-bond acceptors (Lipinski definition) is 6. The maximum atomic E-state index is 11.9. The van der Waals surface area contributed by atoms with E-state index in [9.17, 15) is 14.9 Å². The number of halogens is 1. The van der Waals surface area contributed by atoms with E-state index in [4.69, 9.17) is 4.42 Å².